The minimum absolute atomic E-state index is 0.239. The molecule has 0 aliphatic carbocycles. The largest absolute Gasteiger partial charge is 0.488 e. The van der Waals surface area contributed by atoms with E-state index in [2.05, 4.69) is 19.4 Å². The van der Waals surface area contributed by atoms with Crippen LogP contribution in [0.15, 0.2) is 30.3 Å². The number of benzene rings is 1. The van der Waals surface area contributed by atoms with Crippen molar-refractivity contribution >= 4 is 28.3 Å². The lowest BCUT2D eigenvalue weighted by atomic mass is 10.1. The van der Waals surface area contributed by atoms with E-state index in [1.807, 2.05) is 24.3 Å². The molecule has 8 heteroatoms. The standard InChI is InChI=1S/C16H20N4O3S/c1-20(2)7-8-23-11-5-3-10(4-6-11)13-9-12(14(17)21)15(24-13)19-16(18)22/h3-6,9H,7-8H2,1-2H3,(H2,17,21)(H3,18,19,22)/p+1. The second kappa shape index (κ2) is 7.80. The summed E-state index contributed by atoms with van der Waals surface area (Å²) in [6.45, 7) is 1.55. The number of hydrogen-bond donors (Lipinski definition) is 4. The van der Waals surface area contributed by atoms with Crippen molar-refractivity contribution < 1.29 is 19.2 Å². The molecule has 1 aromatic carbocycles. The van der Waals surface area contributed by atoms with Crippen LogP contribution in [0, 0.1) is 0 Å². The second-order valence-corrected chi connectivity index (χ2v) is 6.59. The molecular formula is C16H21N4O3S+. The fourth-order valence-electron chi connectivity index (χ4n) is 2.01. The average molecular weight is 349 g/mol. The number of likely N-dealkylation sites (N-methyl/N-ethyl adjacent to an activating group) is 1. The Kier molecular flexibility index (Phi) is 5.78. The number of nitrogens with two attached hydrogens (primary N) is 2. The molecule has 7 nitrogen and oxygen atoms in total. The molecule has 1 aromatic heterocycles. The molecule has 3 amide bonds. The van der Waals surface area contributed by atoms with Crippen molar-refractivity contribution in [3.8, 4) is 16.2 Å². The fourth-order valence-corrected chi connectivity index (χ4v) is 3.08. The summed E-state index contributed by atoms with van der Waals surface area (Å²) >= 11 is 1.24. The Labute approximate surface area is 144 Å². The van der Waals surface area contributed by atoms with E-state index in [-0.39, 0.29) is 5.56 Å². The van der Waals surface area contributed by atoms with Gasteiger partial charge in [-0.15, -0.1) is 11.3 Å². The van der Waals surface area contributed by atoms with Crippen LogP contribution in [-0.4, -0.2) is 39.2 Å². The van der Waals surface area contributed by atoms with Crippen molar-refractivity contribution in [1.29, 1.82) is 0 Å². The Morgan fingerprint density at radius 3 is 2.42 bits per heavy atom. The maximum atomic E-state index is 11.5. The molecule has 2 rings (SSSR count). The molecule has 24 heavy (non-hydrogen) atoms. The molecule has 128 valence electrons. The molecule has 2 aromatic rings. The third-order valence-electron chi connectivity index (χ3n) is 3.24. The van der Waals surface area contributed by atoms with Crippen molar-refractivity contribution in [3.05, 3.63) is 35.9 Å². The molecule has 0 atom stereocenters. The lowest BCUT2D eigenvalue weighted by Crippen LogP contribution is -3.06. The van der Waals surface area contributed by atoms with Gasteiger partial charge in [0.25, 0.3) is 5.91 Å². The highest BCUT2D eigenvalue weighted by Crippen LogP contribution is 2.35. The van der Waals surface area contributed by atoms with Gasteiger partial charge >= 0.3 is 6.03 Å². The van der Waals surface area contributed by atoms with E-state index in [4.69, 9.17) is 16.2 Å². The van der Waals surface area contributed by atoms with E-state index in [1.165, 1.54) is 16.2 Å². The Morgan fingerprint density at radius 1 is 1.21 bits per heavy atom. The number of carbonyl (C=O) groups is 2. The number of amides is 3. The van der Waals surface area contributed by atoms with Gasteiger partial charge in [-0.2, -0.15) is 0 Å². The Bertz CT molecular complexity index is 725. The molecule has 0 spiro atoms. The Balaban J connectivity index is 2.16. The summed E-state index contributed by atoms with van der Waals surface area (Å²) in [4.78, 5) is 24.6. The lowest BCUT2D eigenvalue weighted by Gasteiger charge is -2.09. The number of ether oxygens (including phenoxy) is 1. The van der Waals surface area contributed by atoms with Crippen molar-refractivity contribution in [2.75, 3.05) is 32.6 Å². The summed E-state index contributed by atoms with van der Waals surface area (Å²) in [5.41, 5.74) is 11.6. The minimum atomic E-state index is -0.738. The number of nitrogens with one attached hydrogen (secondary N) is 2. The van der Waals surface area contributed by atoms with Crippen LogP contribution in [0.25, 0.3) is 10.4 Å². The molecule has 0 unspecified atom stereocenters. The molecular weight excluding hydrogens is 328 g/mol. The molecule has 6 N–H and O–H groups in total. The number of quaternary nitrogens is 1. The highest BCUT2D eigenvalue weighted by molar-refractivity contribution is 7.20. The van der Waals surface area contributed by atoms with Crippen molar-refractivity contribution in [3.63, 3.8) is 0 Å². The summed E-state index contributed by atoms with van der Waals surface area (Å²) < 4.78 is 5.66. The van der Waals surface area contributed by atoms with Gasteiger partial charge in [0.15, 0.2) is 0 Å². The number of carbonyl (C=O) groups excluding carboxylic acids is 2. The van der Waals surface area contributed by atoms with Crippen LogP contribution in [0.1, 0.15) is 10.4 Å². The van der Waals surface area contributed by atoms with Crippen molar-refractivity contribution in [2.24, 2.45) is 11.5 Å². The summed E-state index contributed by atoms with van der Waals surface area (Å²) in [7, 11) is 4.13. The van der Waals surface area contributed by atoms with E-state index < -0.39 is 11.9 Å². The molecule has 0 bridgehead atoms. The van der Waals surface area contributed by atoms with E-state index in [1.54, 1.807) is 6.07 Å². The number of rotatable bonds is 7. The molecule has 0 saturated carbocycles. The van der Waals surface area contributed by atoms with Crippen LogP contribution >= 0.6 is 11.3 Å². The Hall–Kier alpha value is -2.58. The summed E-state index contributed by atoms with van der Waals surface area (Å²) in [5, 5.41) is 2.77. The smallest absolute Gasteiger partial charge is 0.317 e. The van der Waals surface area contributed by atoms with Gasteiger partial charge in [-0.3, -0.25) is 10.1 Å². The van der Waals surface area contributed by atoms with Gasteiger partial charge in [-0.1, -0.05) is 0 Å². The highest BCUT2D eigenvalue weighted by Gasteiger charge is 2.16. The first-order chi connectivity index (χ1) is 11.4. The molecule has 1 heterocycles. The summed E-state index contributed by atoms with van der Waals surface area (Å²) in [6.07, 6.45) is 0. The normalized spacial score (nSPS) is 10.6. The van der Waals surface area contributed by atoms with Gasteiger partial charge in [0.05, 0.1) is 19.7 Å². The van der Waals surface area contributed by atoms with Gasteiger partial charge in [-0.05, 0) is 35.9 Å². The van der Waals surface area contributed by atoms with Crippen LogP contribution in [0.2, 0.25) is 0 Å². The first-order valence-electron chi connectivity index (χ1n) is 7.39. The zero-order valence-electron chi connectivity index (χ0n) is 13.6. The summed E-state index contributed by atoms with van der Waals surface area (Å²) in [6, 6.07) is 8.42. The third-order valence-corrected chi connectivity index (χ3v) is 4.34. The van der Waals surface area contributed by atoms with Crippen LogP contribution < -0.4 is 26.4 Å². The number of primary amides is 2. The van der Waals surface area contributed by atoms with Crippen LogP contribution in [-0.2, 0) is 0 Å². The first kappa shape index (κ1) is 17.8. The maximum absolute atomic E-state index is 11.5. The third kappa shape index (κ3) is 4.71. The highest BCUT2D eigenvalue weighted by atomic mass is 32.1. The van der Waals surface area contributed by atoms with Crippen LogP contribution in [0.4, 0.5) is 9.80 Å². The minimum Gasteiger partial charge on any atom is -0.488 e. The first-order valence-corrected chi connectivity index (χ1v) is 8.21. The number of thiophene rings is 1. The van der Waals surface area contributed by atoms with E-state index in [0.717, 1.165) is 22.7 Å². The topological polar surface area (TPSA) is 112 Å². The maximum Gasteiger partial charge on any atom is 0.317 e. The van der Waals surface area contributed by atoms with Crippen LogP contribution in [0.3, 0.4) is 0 Å². The summed E-state index contributed by atoms with van der Waals surface area (Å²) in [5.74, 6) is 0.162. The van der Waals surface area contributed by atoms with Gasteiger partial charge < -0.3 is 21.1 Å². The number of hydrogen-bond acceptors (Lipinski definition) is 4. The molecule has 0 saturated heterocycles. The van der Waals surface area contributed by atoms with Gasteiger partial charge in [0, 0.05) is 4.88 Å². The SMILES string of the molecule is C[NH+](C)CCOc1ccc(-c2cc(C(N)=O)c(NC(N)=O)s2)cc1. The predicted molar refractivity (Wildman–Crippen MR) is 94.7 cm³/mol. The van der Waals surface area contributed by atoms with Gasteiger partial charge in [0.2, 0.25) is 0 Å². The van der Waals surface area contributed by atoms with Gasteiger partial charge in [0.1, 0.15) is 23.9 Å². The van der Waals surface area contributed by atoms with Gasteiger partial charge in [-0.25, -0.2) is 4.79 Å². The Morgan fingerprint density at radius 2 is 1.88 bits per heavy atom. The van der Waals surface area contributed by atoms with Crippen LogP contribution in [0.5, 0.6) is 5.75 Å². The lowest BCUT2D eigenvalue weighted by molar-refractivity contribution is -0.858. The molecule has 0 aliphatic heterocycles. The quantitative estimate of drug-likeness (QED) is 0.585. The monoisotopic (exact) mass is 349 g/mol. The molecule has 0 fully saturated rings. The van der Waals surface area contributed by atoms with Crippen molar-refractivity contribution in [1.82, 2.24) is 0 Å². The predicted octanol–water partition coefficient (Wildman–Crippen LogP) is 0.528. The van der Waals surface area contributed by atoms with Crippen molar-refractivity contribution in [2.45, 2.75) is 0 Å². The van der Waals surface area contributed by atoms with E-state index in [0.29, 0.717) is 11.6 Å². The van der Waals surface area contributed by atoms with E-state index >= 15 is 0 Å². The zero-order chi connectivity index (χ0) is 17.7. The zero-order valence-corrected chi connectivity index (χ0v) is 14.4. The average Bonchev–Trinajstić information content (AvgIpc) is 2.91. The number of anilines is 1. The second-order valence-electron chi connectivity index (χ2n) is 5.54. The van der Waals surface area contributed by atoms with E-state index in [9.17, 15) is 9.59 Å². The molecule has 0 radical (unpaired) electrons. The fraction of sp³-hybridized carbons (Fsp3) is 0.250. The number of urea groups is 1. The molecule has 0 aliphatic rings.